The van der Waals surface area contributed by atoms with Crippen LogP contribution in [0.4, 0.5) is 0 Å². The highest BCUT2D eigenvalue weighted by Crippen LogP contribution is 2.34. The Morgan fingerprint density at radius 3 is 2.14 bits per heavy atom. The molecule has 0 amide bonds. The van der Waals surface area contributed by atoms with E-state index in [-0.39, 0.29) is 11.1 Å². The Labute approximate surface area is 90.1 Å². The second-order valence-electron chi connectivity index (χ2n) is 5.33. The molecule has 0 spiro atoms. The molecule has 0 aromatic rings. The summed E-state index contributed by atoms with van der Waals surface area (Å²) in [5, 5.41) is 0. The van der Waals surface area contributed by atoms with Crippen molar-refractivity contribution in [3.8, 4) is 0 Å². The van der Waals surface area contributed by atoms with E-state index in [9.17, 15) is 4.21 Å². The molecule has 0 aromatic carbocycles. The van der Waals surface area contributed by atoms with Crippen LogP contribution in [0.15, 0.2) is 12.2 Å². The fourth-order valence-electron chi connectivity index (χ4n) is 2.25. The topological polar surface area (TPSA) is 20.3 Å². The standard InChI is InChI=1S/C11H19NOS/c1-8-7-12(10(2,3)4)11(5,6)9(8)14-13/h1,7H2,2-6H3. The van der Waals surface area contributed by atoms with Crippen LogP contribution < -0.4 is 0 Å². The fraction of sp³-hybridized carbons (Fsp3) is 0.727. The molecule has 1 aliphatic heterocycles. The third kappa shape index (κ3) is 1.71. The van der Waals surface area contributed by atoms with Crippen LogP contribution in [-0.4, -0.2) is 31.6 Å². The molecule has 0 saturated carbocycles. The zero-order valence-electron chi connectivity index (χ0n) is 9.68. The van der Waals surface area contributed by atoms with Crippen LogP contribution in [-0.2, 0) is 11.3 Å². The minimum atomic E-state index is -0.165. The van der Waals surface area contributed by atoms with Crippen LogP contribution in [0, 0.1) is 0 Å². The first-order chi connectivity index (χ1) is 6.21. The summed E-state index contributed by atoms with van der Waals surface area (Å²) >= 11 is 0.593. The molecule has 0 unspecified atom stereocenters. The van der Waals surface area contributed by atoms with Gasteiger partial charge in [-0.2, -0.15) is 0 Å². The van der Waals surface area contributed by atoms with Gasteiger partial charge in [-0.05, 0) is 40.2 Å². The smallest absolute Gasteiger partial charge is 0.0943 e. The molecule has 0 aromatic heterocycles. The van der Waals surface area contributed by atoms with E-state index in [2.05, 4.69) is 46.1 Å². The van der Waals surface area contributed by atoms with Crippen molar-refractivity contribution >= 4 is 16.1 Å². The van der Waals surface area contributed by atoms with Gasteiger partial charge < -0.3 is 0 Å². The largest absolute Gasteiger partial charge is 0.284 e. The van der Waals surface area contributed by atoms with Gasteiger partial charge in [0.2, 0.25) is 0 Å². The summed E-state index contributed by atoms with van der Waals surface area (Å²) in [6.07, 6.45) is 0. The minimum absolute atomic E-state index is 0.0733. The molecule has 1 aliphatic rings. The van der Waals surface area contributed by atoms with Crippen molar-refractivity contribution in [2.75, 3.05) is 6.54 Å². The van der Waals surface area contributed by atoms with Crippen LogP contribution in [0.5, 0.6) is 0 Å². The van der Waals surface area contributed by atoms with E-state index in [1.807, 2.05) is 0 Å². The Kier molecular flexibility index (Phi) is 2.76. The lowest BCUT2D eigenvalue weighted by molar-refractivity contribution is 0.0965. The van der Waals surface area contributed by atoms with Crippen LogP contribution >= 0.6 is 0 Å². The Balaban J connectivity index is 3.19. The van der Waals surface area contributed by atoms with Crippen LogP contribution in [0.1, 0.15) is 34.6 Å². The molecule has 0 N–H and O–H groups in total. The lowest BCUT2D eigenvalue weighted by Crippen LogP contribution is -2.52. The van der Waals surface area contributed by atoms with Crippen molar-refractivity contribution in [1.82, 2.24) is 4.90 Å². The number of likely N-dealkylation sites (tertiary alicyclic amines) is 1. The van der Waals surface area contributed by atoms with Crippen molar-refractivity contribution in [2.24, 2.45) is 0 Å². The Morgan fingerprint density at radius 1 is 1.43 bits per heavy atom. The summed E-state index contributed by atoms with van der Waals surface area (Å²) in [6, 6.07) is 0. The van der Waals surface area contributed by atoms with E-state index in [0.717, 1.165) is 17.0 Å². The van der Waals surface area contributed by atoms with E-state index in [4.69, 9.17) is 0 Å². The van der Waals surface area contributed by atoms with Crippen LogP contribution in [0.3, 0.4) is 0 Å². The monoisotopic (exact) mass is 213 g/mol. The second-order valence-corrected chi connectivity index (χ2v) is 5.91. The molecule has 1 rings (SSSR count). The average Bonchev–Trinajstić information content (AvgIpc) is 2.20. The van der Waals surface area contributed by atoms with Crippen molar-refractivity contribution in [1.29, 1.82) is 0 Å². The third-order valence-electron chi connectivity index (χ3n) is 2.79. The molecule has 0 atom stereocenters. The van der Waals surface area contributed by atoms with E-state index in [1.165, 1.54) is 0 Å². The summed E-state index contributed by atoms with van der Waals surface area (Å²) in [7, 11) is 0. The fourth-order valence-corrected chi connectivity index (χ4v) is 2.75. The van der Waals surface area contributed by atoms with E-state index < -0.39 is 0 Å². The summed E-state index contributed by atoms with van der Waals surface area (Å²) in [5.74, 6) is 0. The second kappa shape index (κ2) is 3.31. The number of hydrogen-bond donors (Lipinski definition) is 0. The van der Waals surface area contributed by atoms with Crippen LogP contribution in [0.25, 0.3) is 0 Å². The summed E-state index contributed by atoms with van der Waals surface area (Å²) in [4.78, 5) is 3.20. The average molecular weight is 213 g/mol. The van der Waals surface area contributed by atoms with Crippen molar-refractivity contribution < 1.29 is 4.21 Å². The molecule has 1 heterocycles. The molecule has 1 saturated heterocycles. The number of hydrogen-bond acceptors (Lipinski definition) is 2. The van der Waals surface area contributed by atoms with Gasteiger partial charge in [0.25, 0.3) is 0 Å². The van der Waals surface area contributed by atoms with Crippen molar-refractivity contribution in [3.05, 3.63) is 12.2 Å². The van der Waals surface area contributed by atoms with Gasteiger partial charge in [0.1, 0.15) is 0 Å². The molecule has 0 bridgehead atoms. The van der Waals surface area contributed by atoms with E-state index in [1.54, 1.807) is 0 Å². The highest BCUT2D eigenvalue weighted by molar-refractivity contribution is 7.67. The number of rotatable bonds is 0. The van der Waals surface area contributed by atoms with Gasteiger partial charge in [-0.25, -0.2) is 4.21 Å². The van der Waals surface area contributed by atoms with Gasteiger partial charge in [0, 0.05) is 12.1 Å². The Hall–Kier alpha value is -0.410. The molecule has 80 valence electrons. The summed E-state index contributed by atoms with van der Waals surface area (Å²) < 4.78 is 11.0. The van der Waals surface area contributed by atoms with E-state index in [0.29, 0.717) is 11.3 Å². The maximum atomic E-state index is 11.0. The lowest BCUT2D eigenvalue weighted by Gasteiger charge is -2.41. The SMILES string of the molecule is C=C1CN(C(C)(C)C)C(C)(C)C1=S=O. The number of nitrogens with zero attached hydrogens (tertiary/aromatic N) is 1. The van der Waals surface area contributed by atoms with Crippen molar-refractivity contribution in [2.45, 2.75) is 45.7 Å². The molecule has 14 heavy (non-hydrogen) atoms. The minimum Gasteiger partial charge on any atom is -0.284 e. The molecule has 1 fully saturated rings. The Bertz CT molecular complexity index is 319. The van der Waals surface area contributed by atoms with Gasteiger partial charge in [0.15, 0.2) is 0 Å². The predicted molar refractivity (Wildman–Crippen MR) is 62.8 cm³/mol. The van der Waals surface area contributed by atoms with Crippen LogP contribution in [0.2, 0.25) is 0 Å². The zero-order valence-corrected chi connectivity index (χ0v) is 10.5. The normalized spacial score (nSPS) is 22.9. The van der Waals surface area contributed by atoms with Gasteiger partial charge >= 0.3 is 0 Å². The summed E-state index contributed by atoms with van der Waals surface area (Å²) in [6.45, 7) is 15.5. The Morgan fingerprint density at radius 2 is 1.93 bits per heavy atom. The molecule has 0 radical (unpaired) electrons. The molecule has 0 aliphatic carbocycles. The molecular formula is C11H19NOS. The van der Waals surface area contributed by atoms with Crippen molar-refractivity contribution in [3.63, 3.8) is 0 Å². The molecule has 2 nitrogen and oxygen atoms in total. The zero-order chi connectivity index (χ0) is 11.1. The maximum Gasteiger partial charge on any atom is 0.0943 e. The van der Waals surface area contributed by atoms with E-state index >= 15 is 0 Å². The third-order valence-corrected chi connectivity index (χ3v) is 3.75. The summed E-state index contributed by atoms with van der Waals surface area (Å²) in [5.41, 5.74) is 0.885. The van der Waals surface area contributed by atoms with Gasteiger partial charge in [-0.1, -0.05) is 6.58 Å². The molecule has 3 heteroatoms. The molecular weight excluding hydrogens is 194 g/mol. The quantitative estimate of drug-likeness (QED) is 0.452. The maximum absolute atomic E-state index is 11.0. The highest BCUT2D eigenvalue weighted by Gasteiger charge is 2.45. The first-order valence-corrected chi connectivity index (χ1v) is 5.58. The van der Waals surface area contributed by atoms with Gasteiger partial charge in [-0.3, -0.25) is 4.90 Å². The first kappa shape index (κ1) is 11.7. The van der Waals surface area contributed by atoms with Gasteiger partial charge in [-0.15, -0.1) is 0 Å². The lowest BCUT2D eigenvalue weighted by atomic mass is 9.95. The highest BCUT2D eigenvalue weighted by atomic mass is 32.1. The first-order valence-electron chi connectivity index (χ1n) is 4.84. The predicted octanol–water partition coefficient (Wildman–Crippen LogP) is 1.82. The van der Waals surface area contributed by atoms with Gasteiger partial charge in [0.05, 0.1) is 21.7 Å².